The molecule has 0 aliphatic carbocycles. The van der Waals surface area contributed by atoms with Crippen molar-refractivity contribution in [2.24, 2.45) is 0 Å². The van der Waals surface area contributed by atoms with Crippen LogP contribution in [0, 0.1) is 13.8 Å². The van der Waals surface area contributed by atoms with E-state index < -0.39 is 6.10 Å². The maximum Gasteiger partial charge on any atom is 0.0957 e. The minimum atomic E-state index is -0.478. The molecule has 108 valence electrons. The zero-order chi connectivity index (χ0) is 14.9. The molecule has 0 aliphatic rings. The molecule has 0 saturated carbocycles. The molecule has 0 aliphatic heterocycles. The van der Waals surface area contributed by atoms with Crippen molar-refractivity contribution < 1.29 is 5.11 Å². The summed E-state index contributed by atoms with van der Waals surface area (Å²) in [5, 5.41) is 13.5. The lowest BCUT2D eigenvalue weighted by molar-refractivity contribution is 0.178. The number of hydrogen-bond acceptors (Lipinski definition) is 3. The molecule has 2 rings (SSSR count). The third kappa shape index (κ3) is 3.47. The highest BCUT2D eigenvalue weighted by molar-refractivity contribution is 7.09. The number of aromatic nitrogens is 1. The van der Waals surface area contributed by atoms with Crippen LogP contribution < -0.4 is 0 Å². The Morgan fingerprint density at radius 2 is 1.90 bits per heavy atom. The van der Waals surface area contributed by atoms with Crippen molar-refractivity contribution >= 4 is 11.3 Å². The Balaban J connectivity index is 2.13. The molecule has 1 aromatic carbocycles. The van der Waals surface area contributed by atoms with Crippen LogP contribution in [-0.4, -0.2) is 10.1 Å². The Bertz CT molecular complexity index is 595. The van der Waals surface area contributed by atoms with E-state index in [1.807, 2.05) is 6.07 Å². The van der Waals surface area contributed by atoms with Crippen molar-refractivity contribution in [2.75, 3.05) is 0 Å². The van der Waals surface area contributed by atoms with Crippen LogP contribution in [0.25, 0.3) is 0 Å². The second-order valence-corrected chi connectivity index (χ2v) is 7.38. The van der Waals surface area contributed by atoms with Gasteiger partial charge < -0.3 is 5.11 Å². The molecule has 0 amide bonds. The van der Waals surface area contributed by atoms with Crippen LogP contribution in [0.3, 0.4) is 0 Å². The molecule has 0 radical (unpaired) electrons. The average Bonchev–Trinajstić information content (AvgIpc) is 2.81. The van der Waals surface area contributed by atoms with Crippen LogP contribution in [0.4, 0.5) is 0 Å². The van der Waals surface area contributed by atoms with Gasteiger partial charge in [0.25, 0.3) is 0 Å². The second-order valence-electron chi connectivity index (χ2n) is 6.44. The summed E-state index contributed by atoms with van der Waals surface area (Å²) in [5.74, 6) is 0. The van der Waals surface area contributed by atoms with E-state index in [-0.39, 0.29) is 5.41 Å². The molecule has 1 N–H and O–H groups in total. The molecule has 3 heteroatoms. The van der Waals surface area contributed by atoms with Crippen molar-refractivity contribution in [3.05, 3.63) is 51.0 Å². The summed E-state index contributed by atoms with van der Waals surface area (Å²) in [5.41, 5.74) is 4.62. The lowest BCUT2D eigenvalue weighted by Crippen LogP contribution is -2.12. The third-order valence-electron chi connectivity index (χ3n) is 3.60. The Hall–Kier alpha value is -1.19. The van der Waals surface area contributed by atoms with Crippen LogP contribution in [-0.2, 0) is 11.8 Å². The maximum absolute atomic E-state index is 10.4. The Morgan fingerprint density at radius 1 is 1.20 bits per heavy atom. The third-order valence-corrected chi connectivity index (χ3v) is 4.48. The highest BCUT2D eigenvalue weighted by atomic mass is 32.1. The first-order valence-corrected chi connectivity index (χ1v) is 7.85. The molecule has 1 aromatic heterocycles. The molecular weight excluding hydrogens is 266 g/mol. The predicted molar refractivity (Wildman–Crippen MR) is 85.4 cm³/mol. The minimum absolute atomic E-state index is 0.0696. The van der Waals surface area contributed by atoms with Crippen LogP contribution >= 0.6 is 11.3 Å². The molecule has 0 bridgehead atoms. The standard InChI is InChI=1S/C17H23NOS/c1-11-6-7-13(8-12(11)2)14(19)9-16-18-15(10-20-16)17(3,4)5/h6-8,10,14,19H,9H2,1-5H3. The Kier molecular flexibility index (Phi) is 4.31. The number of aryl methyl sites for hydroxylation is 2. The van der Waals surface area contributed by atoms with Crippen molar-refractivity contribution in [2.45, 2.75) is 52.6 Å². The summed E-state index contributed by atoms with van der Waals surface area (Å²) in [6, 6.07) is 6.14. The summed E-state index contributed by atoms with van der Waals surface area (Å²) in [6.45, 7) is 10.6. The lowest BCUT2D eigenvalue weighted by Gasteiger charge is -2.14. The smallest absolute Gasteiger partial charge is 0.0957 e. The molecule has 1 atom stereocenters. The first-order chi connectivity index (χ1) is 9.27. The van der Waals surface area contributed by atoms with Crippen molar-refractivity contribution in [1.82, 2.24) is 4.98 Å². The maximum atomic E-state index is 10.4. The molecule has 0 spiro atoms. The van der Waals surface area contributed by atoms with Crippen LogP contribution in [0.2, 0.25) is 0 Å². The van der Waals surface area contributed by atoms with E-state index in [1.165, 1.54) is 11.1 Å². The fourth-order valence-corrected chi connectivity index (χ4v) is 3.06. The van der Waals surface area contributed by atoms with Gasteiger partial charge in [0.1, 0.15) is 0 Å². The van der Waals surface area contributed by atoms with Gasteiger partial charge in [-0.1, -0.05) is 39.0 Å². The van der Waals surface area contributed by atoms with E-state index in [0.29, 0.717) is 6.42 Å². The van der Waals surface area contributed by atoms with Gasteiger partial charge in [0.15, 0.2) is 0 Å². The van der Waals surface area contributed by atoms with Crippen molar-refractivity contribution in [3.63, 3.8) is 0 Å². The Labute approximate surface area is 125 Å². The molecule has 1 heterocycles. The number of aliphatic hydroxyl groups is 1. The van der Waals surface area contributed by atoms with Gasteiger partial charge >= 0.3 is 0 Å². The molecule has 20 heavy (non-hydrogen) atoms. The Morgan fingerprint density at radius 3 is 2.45 bits per heavy atom. The normalized spacial score (nSPS) is 13.5. The summed E-state index contributed by atoms with van der Waals surface area (Å²) in [4.78, 5) is 4.65. The van der Waals surface area contributed by atoms with Gasteiger partial charge in [0, 0.05) is 17.2 Å². The molecule has 2 nitrogen and oxygen atoms in total. The molecule has 0 fully saturated rings. The summed E-state index contributed by atoms with van der Waals surface area (Å²) >= 11 is 1.64. The summed E-state index contributed by atoms with van der Waals surface area (Å²) in [6.07, 6.45) is 0.108. The number of hydrogen-bond donors (Lipinski definition) is 1. The SMILES string of the molecule is Cc1ccc(C(O)Cc2nc(C(C)(C)C)cs2)cc1C. The fraction of sp³-hybridized carbons (Fsp3) is 0.471. The average molecular weight is 289 g/mol. The predicted octanol–water partition coefficient (Wildman–Crippen LogP) is 4.33. The van der Waals surface area contributed by atoms with E-state index in [2.05, 4.69) is 57.1 Å². The molecule has 2 aromatic rings. The lowest BCUT2D eigenvalue weighted by atomic mass is 9.93. The van der Waals surface area contributed by atoms with E-state index in [4.69, 9.17) is 0 Å². The van der Waals surface area contributed by atoms with Gasteiger partial charge in [-0.25, -0.2) is 4.98 Å². The molecule has 1 unspecified atom stereocenters. The highest BCUT2D eigenvalue weighted by Gasteiger charge is 2.19. The number of benzene rings is 1. The number of aliphatic hydroxyl groups excluding tert-OH is 1. The van der Waals surface area contributed by atoms with Gasteiger partial charge in [0.2, 0.25) is 0 Å². The van der Waals surface area contributed by atoms with E-state index in [9.17, 15) is 5.11 Å². The quantitative estimate of drug-likeness (QED) is 0.912. The number of thiazole rings is 1. The van der Waals surface area contributed by atoms with Gasteiger partial charge in [-0.3, -0.25) is 0 Å². The monoisotopic (exact) mass is 289 g/mol. The summed E-state index contributed by atoms with van der Waals surface area (Å²) < 4.78 is 0. The zero-order valence-corrected chi connectivity index (χ0v) is 13.7. The first kappa shape index (κ1) is 15.2. The first-order valence-electron chi connectivity index (χ1n) is 6.97. The van der Waals surface area contributed by atoms with Crippen LogP contribution in [0.1, 0.15) is 54.3 Å². The number of nitrogens with zero attached hydrogens (tertiary/aromatic N) is 1. The van der Waals surface area contributed by atoms with E-state index in [0.717, 1.165) is 16.3 Å². The van der Waals surface area contributed by atoms with E-state index in [1.54, 1.807) is 11.3 Å². The topological polar surface area (TPSA) is 33.1 Å². The largest absolute Gasteiger partial charge is 0.388 e. The second kappa shape index (κ2) is 5.66. The summed E-state index contributed by atoms with van der Waals surface area (Å²) in [7, 11) is 0. The minimum Gasteiger partial charge on any atom is -0.388 e. The fourth-order valence-electron chi connectivity index (χ4n) is 2.00. The number of rotatable bonds is 3. The zero-order valence-electron chi connectivity index (χ0n) is 12.9. The van der Waals surface area contributed by atoms with Gasteiger partial charge in [-0.15, -0.1) is 11.3 Å². The van der Waals surface area contributed by atoms with Crippen molar-refractivity contribution in [3.8, 4) is 0 Å². The van der Waals surface area contributed by atoms with Crippen LogP contribution in [0.15, 0.2) is 23.6 Å². The molecular formula is C17H23NOS. The van der Waals surface area contributed by atoms with Crippen LogP contribution in [0.5, 0.6) is 0 Å². The van der Waals surface area contributed by atoms with Crippen molar-refractivity contribution in [1.29, 1.82) is 0 Å². The van der Waals surface area contributed by atoms with Gasteiger partial charge in [-0.2, -0.15) is 0 Å². The highest BCUT2D eigenvalue weighted by Crippen LogP contribution is 2.27. The van der Waals surface area contributed by atoms with Gasteiger partial charge in [0.05, 0.1) is 16.8 Å². The molecule has 0 saturated heterocycles. The van der Waals surface area contributed by atoms with E-state index >= 15 is 0 Å². The van der Waals surface area contributed by atoms with Gasteiger partial charge in [-0.05, 0) is 30.5 Å².